The van der Waals surface area contributed by atoms with Crippen molar-refractivity contribution in [2.24, 2.45) is 56.7 Å². The molecule has 0 aromatic carbocycles. The molecule has 5 aliphatic rings. The van der Waals surface area contributed by atoms with Gasteiger partial charge >= 0.3 is 0 Å². The molecule has 0 saturated heterocycles. The molecule has 0 aromatic heterocycles. The van der Waals surface area contributed by atoms with Gasteiger partial charge in [0, 0.05) is 0 Å². The van der Waals surface area contributed by atoms with E-state index in [1.807, 2.05) is 0 Å². The molecule has 0 nitrogen and oxygen atoms in total. The van der Waals surface area contributed by atoms with Gasteiger partial charge in [-0.15, -0.1) is 0 Å². The number of hydrogen-bond donors (Lipinski definition) is 0. The summed E-state index contributed by atoms with van der Waals surface area (Å²) in [6, 6.07) is 0. The first-order chi connectivity index (χ1) is 13.9. The zero-order valence-electron chi connectivity index (χ0n) is 21.4. The molecule has 5 saturated carbocycles. The van der Waals surface area contributed by atoms with E-state index in [9.17, 15) is 0 Å². The molecule has 30 heavy (non-hydrogen) atoms. The fraction of sp³-hybridized carbons (Fsp3) is 0.933. The molecule has 0 heteroatoms. The maximum Gasteiger partial charge on any atom is -0.0175 e. The summed E-state index contributed by atoms with van der Waals surface area (Å²) >= 11 is 0. The smallest absolute Gasteiger partial charge is 0.0175 e. The van der Waals surface area contributed by atoms with Gasteiger partial charge in [0.1, 0.15) is 0 Å². The van der Waals surface area contributed by atoms with Gasteiger partial charge in [0.15, 0.2) is 0 Å². The molecular weight excluding hydrogens is 360 g/mol. The highest BCUT2D eigenvalue weighted by molar-refractivity contribution is 5.20. The molecule has 0 bridgehead atoms. The van der Waals surface area contributed by atoms with Crippen molar-refractivity contribution in [2.45, 2.75) is 119 Å². The zero-order valence-corrected chi connectivity index (χ0v) is 21.4. The molecule has 0 aliphatic heterocycles. The number of rotatable bonds is 1. The molecule has 0 heterocycles. The van der Waals surface area contributed by atoms with Gasteiger partial charge in [0.25, 0.3) is 0 Å². The first kappa shape index (κ1) is 21.6. The predicted octanol–water partition coefficient (Wildman–Crippen LogP) is 9.05. The monoisotopic (exact) mass is 410 g/mol. The van der Waals surface area contributed by atoms with Crippen LogP contribution in [-0.2, 0) is 0 Å². The Bertz CT molecular complexity index is 730. The summed E-state index contributed by atoms with van der Waals surface area (Å²) in [7, 11) is 0. The van der Waals surface area contributed by atoms with Gasteiger partial charge < -0.3 is 0 Å². The Hall–Kier alpha value is -0.260. The lowest BCUT2D eigenvalue weighted by atomic mass is 9.32. The minimum Gasteiger partial charge on any atom is -0.0999 e. The van der Waals surface area contributed by atoms with Crippen LogP contribution in [0.1, 0.15) is 119 Å². The molecule has 0 spiro atoms. The van der Waals surface area contributed by atoms with E-state index in [1.54, 1.807) is 0 Å². The van der Waals surface area contributed by atoms with E-state index in [-0.39, 0.29) is 0 Å². The van der Waals surface area contributed by atoms with Crippen LogP contribution >= 0.6 is 0 Å². The minimum atomic E-state index is 0.542. The molecule has 5 rings (SSSR count). The van der Waals surface area contributed by atoms with Crippen LogP contribution in [0.2, 0.25) is 0 Å². The van der Waals surface area contributed by atoms with Gasteiger partial charge in [-0.25, -0.2) is 0 Å². The van der Waals surface area contributed by atoms with Crippen LogP contribution in [0, 0.1) is 56.7 Å². The first-order valence-corrected chi connectivity index (χ1v) is 13.6. The van der Waals surface area contributed by atoms with Crippen LogP contribution in [0.25, 0.3) is 0 Å². The molecule has 0 unspecified atom stereocenters. The van der Waals surface area contributed by atoms with E-state index in [4.69, 9.17) is 0 Å². The largest absolute Gasteiger partial charge is 0.0999 e. The summed E-state index contributed by atoms with van der Waals surface area (Å²) in [6.45, 7) is 23.0. The van der Waals surface area contributed by atoms with Gasteiger partial charge in [-0.2, -0.15) is 0 Å². The topological polar surface area (TPSA) is 0 Å². The maximum absolute atomic E-state index is 4.43. The molecule has 0 amide bonds. The lowest BCUT2D eigenvalue weighted by Gasteiger charge is -2.73. The third-order valence-corrected chi connectivity index (χ3v) is 13.3. The third kappa shape index (κ3) is 2.46. The van der Waals surface area contributed by atoms with Crippen molar-refractivity contribution in [3.05, 3.63) is 12.2 Å². The Morgan fingerprint density at radius 2 is 1.23 bits per heavy atom. The second kappa shape index (κ2) is 6.41. The zero-order chi connectivity index (χ0) is 21.7. The van der Waals surface area contributed by atoms with E-state index >= 15 is 0 Å². The molecule has 0 N–H and O–H groups in total. The standard InChI is InChI=1S/C30H50/c1-20(2)21-12-17-27(5)22(21)13-18-29(7)24(27)10-11-25-28(6)16-9-15-26(3,4)23(28)14-19-30(25,29)8/h21-25H,1,9-19H2,2-8H3/t21-,22-,23-,24+,25+,27-,28-,29+,30+/m0/s1. The summed E-state index contributed by atoms with van der Waals surface area (Å²) in [4.78, 5) is 0. The van der Waals surface area contributed by atoms with Crippen molar-refractivity contribution in [2.75, 3.05) is 0 Å². The van der Waals surface area contributed by atoms with E-state index in [1.165, 1.54) is 76.2 Å². The Morgan fingerprint density at radius 3 is 1.87 bits per heavy atom. The summed E-state index contributed by atoms with van der Waals surface area (Å²) in [5.41, 5.74) is 4.26. The third-order valence-electron chi connectivity index (χ3n) is 13.3. The van der Waals surface area contributed by atoms with Crippen LogP contribution in [0.15, 0.2) is 12.2 Å². The van der Waals surface area contributed by atoms with Crippen LogP contribution in [0.4, 0.5) is 0 Å². The average molecular weight is 411 g/mol. The molecule has 0 radical (unpaired) electrons. The molecule has 0 aromatic rings. The Kier molecular flexibility index (Phi) is 4.61. The second-order valence-electron chi connectivity index (χ2n) is 14.6. The molecule has 9 atom stereocenters. The molecule has 5 fully saturated rings. The number of hydrogen-bond acceptors (Lipinski definition) is 0. The van der Waals surface area contributed by atoms with Gasteiger partial charge in [0.05, 0.1) is 0 Å². The van der Waals surface area contributed by atoms with Crippen molar-refractivity contribution >= 4 is 0 Å². The quantitative estimate of drug-likeness (QED) is 0.378. The molecular formula is C30H50. The lowest BCUT2D eigenvalue weighted by molar-refractivity contribution is -0.240. The maximum atomic E-state index is 4.43. The Morgan fingerprint density at radius 1 is 0.633 bits per heavy atom. The van der Waals surface area contributed by atoms with Crippen molar-refractivity contribution in [1.82, 2.24) is 0 Å². The fourth-order valence-corrected chi connectivity index (χ4v) is 11.9. The van der Waals surface area contributed by atoms with E-state index in [2.05, 4.69) is 55.0 Å². The van der Waals surface area contributed by atoms with E-state index in [0.717, 1.165) is 29.6 Å². The van der Waals surface area contributed by atoms with Crippen LogP contribution < -0.4 is 0 Å². The van der Waals surface area contributed by atoms with Crippen molar-refractivity contribution < 1.29 is 0 Å². The number of allylic oxidation sites excluding steroid dienone is 1. The van der Waals surface area contributed by atoms with Gasteiger partial charge in [-0.05, 0) is 128 Å². The van der Waals surface area contributed by atoms with Crippen molar-refractivity contribution in [3.8, 4) is 0 Å². The van der Waals surface area contributed by atoms with Crippen LogP contribution in [-0.4, -0.2) is 0 Å². The van der Waals surface area contributed by atoms with Crippen LogP contribution in [0.5, 0.6) is 0 Å². The van der Waals surface area contributed by atoms with Gasteiger partial charge in [0.2, 0.25) is 0 Å². The number of fused-ring (bicyclic) bond motifs is 7. The Balaban J connectivity index is 1.53. The highest BCUT2D eigenvalue weighted by Gasteiger charge is 2.70. The summed E-state index contributed by atoms with van der Waals surface area (Å²) < 4.78 is 0. The normalized spacial score (nSPS) is 57.0. The van der Waals surface area contributed by atoms with Crippen molar-refractivity contribution in [3.63, 3.8) is 0 Å². The minimum absolute atomic E-state index is 0.542. The lowest BCUT2D eigenvalue weighted by Crippen LogP contribution is -2.65. The Labute approximate surface area is 188 Å². The average Bonchev–Trinajstić information content (AvgIpc) is 2.99. The molecule has 170 valence electrons. The van der Waals surface area contributed by atoms with Gasteiger partial charge in [-0.1, -0.05) is 60.1 Å². The van der Waals surface area contributed by atoms with Crippen molar-refractivity contribution in [1.29, 1.82) is 0 Å². The fourth-order valence-electron chi connectivity index (χ4n) is 11.9. The SMILES string of the molecule is C=C(C)[C@@H]1CC[C@]2(C)[C@H]3CC[C@@H]4[C@@]5(C)CCCC(C)(C)[C@@H]5CC[C@@]4(C)[C@]3(C)CC[C@@H]12. The summed E-state index contributed by atoms with van der Waals surface area (Å²) in [6.07, 6.45) is 16.3. The van der Waals surface area contributed by atoms with E-state index < -0.39 is 0 Å². The summed E-state index contributed by atoms with van der Waals surface area (Å²) in [5.74, 6) is 4.54. The first-order valence-electron chi connectivity index (χ1n) is 13.6. The van der Waals surface area contributed by atoms with Crippen LogP contribution in [0.3, 0.4) is 0 Å². The predicted molar refractivity (Wildman–Crippen MR) is 129 cm³/mol. The second-order valence-corrected chi connectivity index (χ2v) is 14.6. The highest BCUT2D eigenvalue weighted by atomic mass is 14.7. The molecule has 5 aliphatic carbocycles. The summed E-state index contributed by atoms with van der Waals surface area (Å²) in [5, 5.41) is 0. The van der Waals surface area contributed by atoms with Gasteiger partial charge in [-0.3, -0.25) is 0 Å². The van der Waals surface area contributed by atoms with E-state index in [0.29, 0.717) is 27.1 Å². The highest BCUT2D eigenvalue weighted by Crippen LogP contribution is 2.77.